The SMILES string of the molecule is CCCCCCCSCC(Cn1ccnc1)SCCCCCCC.O=C(O)C(=O)O. The molecule has 0 aliphatic rings. The van der Waals surface area contributed by atoms with E-state index in [2.05, 4.69) is 53.1 Å². The summed E-state index contributed by atoms with van der Waals surface area (Å²) in [6.07, 6.45) is 19.9. The largest absolute Gasteiger partial charge is 0.473 e. The molecular weight excluding hydrogens is 420 g/mol. The van der Waals surface area contributed by atoms with Crippen molar-refractivity contribution in [1.82, 2.24) is 9.55 Å². The van der Waals surface area contributed by atoms with Gasteiger partial charge >= 0.3 is 11.9 Å². The molecule has 1 aromatic rings. The van der Waals surface area contributed by atoms with Gasteiger partial charge in [0.2, 0.25) is 0 Å². The van der Waals surface area contributed by atoms with Crippen molar-refractivity contribution in [2.45, 2.75) is 89.9 Å². The summed E-state index contributed by atoms with van der Waals surface area (Å²) >= 11 is 4.34. The van der Waals surface area contributed by atoms with Gasteiger partial charge in [0.25, 0.3) is 0 Å². The molecule has 6 nitrogen and oxygen atoms in total. The third-order valence-electron chi connectivity index (χ3n) is 4.45. The molecule has 8 heteroatoms. The topological polar surface area (TPSA) is 92.4 Å². The highest BCUT2D eigenvalue weighted by Crippen LogP contribution is 2.21. The molecule has 1 heterocycles. The second-order valence-electron chi connectivity index (χ2n) is 7.27. The molecule has 0 fully saturated rings. The second kappa shape index (κ2) is 21.1. The number of hydrogen-bond acceptors (Lipinski definition) is 5. The predicted molar refractivity (Wildman–Crippen MR) is 129 cm³/mol. The van der Waals surface area contributed by atoms with Crippen LogP contribution in [-0.4, -0.2) is 54.2 Å². The molecule has 0 saturated heterocycles. The third-order valence-corrected chi connectivity index (χ3v) is 7.19. The Labute approximate surface area is 190 Å². The Bertz CT molecular complexity index is 515. The summed E-state index contributed by atoms with van der Waals surface area (Å²) in [4.78, 5) is 22.4. The van der Waals surface area contributed by atoms with Gasteiger partial charge in [0.15, 0.2) is 0 Å². The van der Waals surface area contributed by atoms with E-state index in [-0.39, 0.29) is 0 Å². The molecule has 1 unspecified atom stereocenters. The van der Waals surface area contributed by atoms with Crippen molar-refractivity contribution in [3.05, 3.63) is 18.7 Å². The van der Waals surface area contributed by atoms with Crippen LogP contribution in [0.25, 0.3) is 0 Å². The molecule has 2 N–H and O–H groups in total. The molecular formula is C22H40N2O4S2. The molecule has 1 rings (SSSR count). The number of carboxylic acids is 2. The van der Waals surface area contributed by atoms with Gasteiger partial charge in [-0.3, -0.25) is 0 Å². The van der Waals surface area contributed by atoms with Crippen LogP contribution in [0.4, 0.5) is 0 Å². The van der Waals surface area contributed by atoms with Gasteiger partial charge in [-0.05, 0) is 24.3 Å². The first-order valence-corrected chi connectivity index (χ1v) is 13.3. The molecule has 0 bridgehead atoms. The highest BCUT2D eigenvalue weighted by atomic mass is 32.2. The maximum Gasteiger partial charge on any atom is 0.414 e. The number of hydrogen-bond donors (Lipinski definition) is 2. The summed E-state index contributed by atoms with van der Waals surface area (Å²) in [5, 5.41) is 15.5. The Balaban J connectivity index is 0.00000122. The van der Waals surface area contributed by atoms with Crippen molar-refractivity contribution in [3.8, 4) is 0 Å². The maximum atomic E-state index is 9.10. The quantitative estimate of drug-likeness (QED) is 0.224. The molecule has 0 aliphatic heterocycles. The predicted octanol–water partition coefficient (Wildman–Crippen LogP) is 5.81. The fraction of sp³-hybridized carbons (Fsp3) is 0.773. The summed E-state index contributed by atoms with van der Waals surface area (Å²) in [6.45, 7) is 5.69. The standard InChI is InChI=1S/C20H38N2S2.C2H2O4/c1-3-5-7-9-11-15-23-18-20(17-22-14-13-21-19-22)24-16-12-10-8-6-4-2;3-1(4)2(5)6/h13-14,19-20H,3-12,15-18H2,1-2H3;(H,3,4)(H,5,6). The highest BCUT2D eigenvalue weighted by Gasteiger charge is 2.10. The molecule has 30 heavy (non-hydrogen) atoms. The van der Waals surface area contributed by atoms with Crippen molar-refractivity contribution in [1.29, 1.82) is 0 Å². The molecule has 174 valence electrons. The van der Waals surface area contributed by atoms with Crippen LogP contribution in [-0.2, 0) is 16.1 Å². The molecule has 0 saturated carbocycles. The number of imidazole rings is 1. The number of unbranched alkanes of at least 4 members (excludes halogenated alkanes) is 8. The van der Waals surface area contributed by atoms with Gasteiger partial charge in [0.1, 0.15) is 0 Å². The zero-order chi connectivity index (χ0) is 22.5. The number of nitrogens with zero attached hydrogens (tertiary/aromatic N) is 2. The van der Waals surface area contributed by atoms with Crippen LogP contribution < -0.4 is 0 Å². The molecule has 1 atom stereocenters. The van der Waals surface area contributed by atoms with E-state index in [0.717, 1.165) is 11.8 Å². The van der Waals surface area contributed by atoms with Gasteiger partial charge in [0.05, 0.1) is 6.33 Å². The summed E-state index contributed by atoms with van der Waals surface area (Å²) in [6, 6.07) is 0. The lowest BCUT2D eigenvalue weighted by Gasteiger charge is -2.17. The second-order valence-corrected chi connectivity index (χ2v) is 9.82. The van der Waals surface area contributed by atoms with E-state index in [9.17, 15) is 0 Å². The van der Waals surface area contributed by atoms with Crippen LogP contribution in [0, 0.1) is 0 Å². The third kappa shape index (κ3) is 18.9. The summed E-state index contributed by atoms with van der Waals surface area (Å²) in [5.74, 6) is 0.289. The molecule has 0 aliphatic carbocycles. The van der Waals surface area contributed by atoms with E-state index in [1.165, 1.54) is 81.5 Å². The van der Waals surface area contributed by atoms with Crippen molar-refractivity contribution in [3.63, 3.8) is 0 Å². The Kier molecular flexibility index (Phi) is 20.3. The lowest BCUT2D eigenvalue weighted by molar-refractivity contribution is -0.159. The van der Waals surface area contributed by atoms with Gasteiger partial charge in [-0.1, -0.05) is 65.2 Å². The number of aliphatic carboxylic acids is 2. The van der Waals surface area contributed by atoms with Gasteiger partial charge in [-0.15, -0.1) is 0 Å². The van der Waals surface area contributed by atoms with Crippen LogP contribution >= 0.6 is 23.5 Å². The lowest BCUT2D eigenvalue weighted by atomic mass is 10.2. The monoisotopic (exact) mass is 460 g/mol. The van der Waals surface area contributed by atoms with E-state index < -0.39 is 11.9 Å². The molecule has 0 amide bonds. The number of rotatable bonds is 17. The highest BCUT2D eigenvalue weighted by molar-refractivity contribution is 8.03. The van der Waals surface area contributed by atoms with E-state index in [0.29, 0.717) is 0 Å². The van der Waals surface area contributed by atoms with E-state index >= 15 is 0 Å². The number of aromatic nitrogens is 2. The van der Waals surface area contributed by atoms with Crippen LogP contribution in [0.3, 0.4) is 0 Å². The molecule has 0 aromatic carbocycles. The van der Waals surface area contributed by atoms with E-state index in [4.69, 9.17) is 19.8 Å². The molecule has 1 aromatic heterocycles. The zero-order valence-electron chi connectivity index (χ0n) is 18.6. The minimum absolute atomic E-state index is 0.728. The fourth-order valence-electron chi connectivity index (χ4n) is 2.76. The average Bonchev–Trinajstić information content (AvgIpc) is 3.23. The lowest BCUT2D eigenvalue weighted by Crippen LogP contribution is -2.16. The van der Waals surface area contributed by atoms with Crippen molar-refractivity contribution < 1.29 is 19.8 Å². The van der Waals surface area contributed by atoms with Crippen LogP contribution in [0.5, 0.6) is 0 Å². The Morgan fingerprint density at radius 2 is 1.47 bits per heavy atom. The van der Waals surface area contributed by atoms with Crippen molar-refractivity contribution in [2.75, 3.05) is 17.3 Å². The van der Waals surface area contributed by atoms with E-state index in [1.54, 1.807) is 0 Å². The van der Waals surface area contributed by atoms with Crippen LogP contribution in [0.1, 0.15) is 78.1 Å². The first-order chi connectivity index (χ1) is 14.5. The summed E-state index contributed by atoms with van der Waals surface area (Å²) in [7, 11) is 0. The fourth-order valence-corrected chi connectivity index (χ4v) is 5.36. The van der Waals surface area contributed by atoms with E-state index in [1.807, 2.05) is 12.5 Å². The van der Waals surface area contributed by atoms with Gasteiger partial charge < -0.3 is 14.8 Å². The number of thioether (sulfide) groups is 2. The number of carboxylic acid groups (broad SMARTS) is 2. The van der Waals surface area contributed by atoms with Gasteiger partial charge in [-0.25, -0.2) is 14.6 Å². The van der Waals surface area contributed by atoms with Crippen molar-refractivity contribution in [2.24, 2.45) is 0 Å². The van der Waals surface area contributed by atoms with Crippen LogP contribution in [0.2, 0.25) is 0 Å². The van der Waals surface area contributed by atoms with Crippen molar-refractivity contribution >= 4 is 35.5 Å². The minimum atomic E-state index is -1.82. The molecule has 0 radical (unpaired) electrons. The smallest absolute Gasteiger partial charge is 0.414 e. The Hall–Kier alpha value is -1.15. The normalized spacial score (nSPS) is 11.5. The average molecular weight is 461 g/mol. The zero-order valence-corrected chi connectivity index (χ0v) is 20.3. The molecule has 0 spiro atoms. The number of carbonyl (C=O) groups is 2. The van der Waals surface area contributed by atoms with Gasteiger partial charge in [0, 0.05) is 29.9 Å². The minimum Gasteiger partial charge on any atom is -0.473 e. The summed E-state index contributed by atoms with van der Waals surface area (Å²) in [5.41, 5.74) is 0. The Morgan fingerprint density at radius 3 is 1.97 bits per heavy atom. The van der Waals surface area contributed by atoms with Gasteiger partial charge in [-0.2, -0.15) is 23.5 Å². The first-order valence-electron chi connectivity index (χ1n) is 11.1. The maximum absolute atomic E-state index is 9.10. The first kappa shape index (κ1) is 28.9. The van der Waals surface area contributed by atoms with Crippen LogP contribution in [0.15, 0.2) is 18.7 Å². The summed E-state index contributed by atoms with van der Waals surface area (Å²) < 4.78 is 2.25. The Morgan fingerprint density at radius 1 is 0.900 bits per heavy atom.